The lowest BCUT2D eigenvalue weighted by atomic mass is 10.1. The Hall–Kier alpha value is -3.20. The summed E-state index contributed by atoms with van der Waals surface area (Å²) in [7, 11) is -4.90. The van der Waals surface area contributed by atoms with Crippen molar-refractivity contribution in [2.75, 3.05) is 28.9 Å². The van der Waals surface area contributed by atoms with Gasteiger partial charge in [0.25, 0.3) is 0 Å². The summed E-state index contributed by atoms with van der Waals surface area (Å²) >= 11 is 6.95. The van der Waals surface area contributed by atoms with Crippen LogP contribution in [0.15, 0.2) is 30.5 Å². The van der Waals surface area contributed by atoms with Crippen LogP contribution in [0.1, 0.15) is 65.6 Å². The van der Waals surface area contributed by atoms with Gasteiger partial charge in [0, 0.05) is 44.9 Å². The molecule has 1 amide bonds. The first kappa shape index (κ1) is 37.6. The largest absolute Gasteiger partial charge is 0.444 e. The molecule has 2 aromatic heterocycles. The number of nitrogens with zero attached hydrogens (tertiary/aromatic N) is 4. The molecular formula is C33H50ClN7O5SSi. The van der Waals surface area contributed by atoms with E-state index >= 15 is 0 Å². The summed E-state index contributed by atoms with van der Waals surface area (Å²) in [6.45, 7) is 17.3. The molecule has 1 fully saturated rings. The van der Waals surface area contributed by atoms with Gasteiger partial charge in [0.05, 0.1) is 33.5 Å². The van der Waals surface area contributed by atoms with E-state index in [9.17, 15) is 13.2 Å². The fourth-order valence-corrected chi connectivity index (χ4v) is 7.12. The molecule has 0 bridgehead atoms. The highest BCUT2D eigenvalue weighted by Crippen LogP contribution is 2.45. The quantitative estimate of drug-likeness (QED) is 0.102. The lowest BCUT2D eigenvalue weighted by Gasteiger charge is -2.22. The fourth-order valence-electron chi connectivity index (χ4n) is 4.90. The summed E-state index contributed by atoms with van der Waals surface area (Å²) in [6, 6.07) is 7.81. The second kappa shape index (κ2) is 15.6. The lowest BCUT2D eigenvalue weighted by Crippen LogP contribution is -2.41. The van der Waals surface area contributed by atoms with Crippen LogP contribution >= 0.6 is 11.6 Å². The number of amides is 1. The van der Waals surface area contributed by atoms with Crippen LogP contribution in [-0.4, -0.2) is 72.7 Å². The minimum absolute atomic E-state index is 0.0172. The summed E-state index contributed by atoms with van der Waals surface area (Å²) < 4.78 is 41.7. The number of sulfonamides is 1. The van der Waals surface area contributed by atoms with Crippen LogP contribution in [0.5, 0.6) is 0 Å². The number of carbonyl (C=O) groups excluding carboxylic acids is 1. The Morgan fingerprint density at radius 3 is 2.54 bits per heavy atom. The lowest BCUT2D eigenvalue weighted by molar-refractivity contribution is 0.0511. The minimum Gasteiger partial charge on any atom is -0.444 e. The van der Waals surface area contributed by atoms with E-state index in [0.29, 0.717) is 53.9 Å². The van der Waals surface area contributed by atoms with Crippen LogP contribution in [0.2, 0.25) is 30.7 Å². The predicted molar refractivity (Wildman–Crippen MR) is 195 cm³/mol. The Morgan fingerprint density at radius 2 is 1.90 bits per heavy atom. The van der Waals surface area contributed by atoms with Gasteiger partial charge >= 0.3 is 6.09 Å². The zero-order valence-electron chi connectivity index (χ0n) is 29.3. The number of imidazole rings is 1. The number of benzene rings is 1. The van der Waals surface area contributed by atoms with Gasteiger partial charge in [-0.15, -0.1) is 0 Å². The molecular weight excluding hydrogens is 670 g/mol. The number of halogens is 1. The Morgan fingerprint density at radius 1 is 1.17 bits per heavy atom. The number of hydrogen-bond donors (Lipinski definition) is 3. The molecule has 0 spiro atoms. The number of anilines is 2. The number of alkyl carbamates (subject to hydrolysis) is 1. The fraction of sp³-hybridized carbons (Fsp3) is 0.576. The molecule has 0 saturated heterocycles. The van der Waals surface area contributed by atoms with Crippen LogP contribution in [0, 0.1) is 0 Å². The van der Waals surface area contributed by atoms with Crippen molar-refractivity contribution < 1.29 is 22.7 Å². The van der Waals surface area contributed by atoms with E-state index in [2.05, 4.69) is 44.5 Å². The van der Waals surface area contributed by atoms with E-state index in [1.807, 2.05) is 46.8 Å². The van der Waals surface area contributed by atoms with E-state index in [0.717, 1.165) is 24.7 Å². The van der Waals surface area contributed by atoms with E-state index in [-0.39, 0.29) is 29.5 Å². The molecule has 48 heavy (non-hydrogen) atoms. The summed E-state index contributed by atoms with van der Waals surface area (Å²) in [4.78, 5) is 26.7. The van der Waals surface area contributed by atoms with Crippen molar-refractivity contribution in [1.82, 2.24) is 24.8 Å². The Labute approximate surface area is 290 Å². The smallest absolute Gasteiger partial charge is 0.407 e. The van der Waals surface area contributed by atoms with Gasteiger partial charge in [0.1, 0.15) is 18.2 Å². The maximum Gasteiger partial charge on any atom is 0.407 e. The molecule has 1 atom stereocenters. The van der Waals surface area contributed by atoms with Crippen molar-refractivity contribution in [2.45, 2.75) is 104 Å². The molecule has 0 radical (unpaired) electrons. The topological polar surface area (TPSA) is 149 Å². The maximum absolute atomic E-state index is 12.7. The average Bonchev–Trinajstić information content (AvgIpc) is 3.74. The van der Waals surface area contributed by atoms with E-state index in [4.69, 9.17) is 31.0 Å². The first-order chi connectivity index (χ1) is 22.5. The number of carbonyl (C=O) groups is 1. The van der Waals surface area contributed by atoms with Crippen molar-refractivity contribution in [1.29, 1.82) is 0 Å². The molecule has 12 nitrogen and oxygen atoms in total. The zero-order valence-corrected chi connectivity index (χ0v) is 31.9. The molecule has 1 aliphatic carbocycles. The van der Waals surface area contributed by atoms with Gasteiger partial charge in [0.2, 0.25) is 16.0 Å². The number of nitrogens with one attached hydrogen (secondary N) is 3. The number of rotatable bonds is 16. The van der Waals surface area contributed by atoms with Crippen molar-refractivity contribution in [2.24, 2.45) is 0 Å². The van der Waals surface area contributed by atoms with E-state index < -0.39 is 29.8 Å². The second-order valence-electron chi connectivity index (χ2n) is 14.5. The Bertz CT molecular complexity index is 1680. The molecule has 3 N–H and O–H groups in total. The van der Waals surface area contributed by atoms with E-state index in [1.165, 1.54) is 0 Å². The molecule has 15 heteroatoms. The SMILES string of the molecule is CCCS(=O)(=O)Nc1cccc(-c2nc(C3CC3)n(COCC[Si](C)(C)C)c2-c2ccnc(NC[C@H](C)NC(=O)OC(C)(C)C)n2)c1Cl. The molecule has 0 aliphatic heterocycles. The molecule has 0 unspecified atom stereocenters. The van der Waals surface area contributed by atoms with Gasteiger partial charge in [0.15, 0.2) is 0 Å². The zero-order chi connectivity index (χ0) is 35.3. The highest BCUT2D eigenvalue weighted by molar-refractivity contribution is 7.92. The first-order valence-electron chi connectivity index (χ1n) is 16.5. The number of ether oxygens (including phenoxy) is 2. The highest BCUT2D eigenvalue weighted by atomic mass is 35.5. The second-order valence-corrected chi connectivity index (χ2v) is 22.3. The molecule has 1 aliphatic rings. The third kappa shape index (κ3) is 10.9. The van der Waals surface area contributed by atoms with Crippen molar-refractivity contribution in [3.63, 3.8) is 0 Å². The molecule has 4 rings (SSSR count). The van der Waals surface area contributed by atoms with Crippen LogP contribution < -0.4 is 15.4 Å². The van der Waals surface area contributed by atoms with Crippen molar-refractivity contribution in [3.05, 3.63) is 41.3 Å². The summed E-state index contributed by atoms with van der Waals surface area (Å²) in [6.07, 6.45) is 3.65. The van der Waals surface area contributed by atoms with Gasteiger partial charge in [-0.05, 0) is 65.1 Å². The average molecular weight is 720 g/mol. The Kier molecular flexibility index (Phi) is 12.2. The van der Waals surface area contributed by atoms with Crippen LogP contribution in [0.25, 0.3) is 22.6 Å². The molecule has 3 aromatic rings. The van der Waals surface area contributed by atoms with Gasteiger partial charge in [-0.1, -0.05) is 50.3 Å². The van der Waals surface area contributed by atoms with Crippen molar-refractivity contribution in [3.8, 4) is 22.6 Å². The summed E-state index contributed by atoms with van der Waals surface area (Å²) in [5.41, 5.74) is 2.14. The van der Waals surface area contributed by atoms with Crippen LogP contribution in [0.3, 0.4) is 0 Å². The van der Waals surface area contributed by atoms with E-state index in [1.54, 1.807) is 18.3 Å². The molecule has 264 valence electrons. The standard InChI is InChI=1S/C33H50ClN7O5SSi/c1-9-18-47(43,44)40-25-12-10-11-24(27(25)34)28-29(41(30(39-28)23-13-14-23)21-45-17-19-48(6,7)8)26-15-16-35-31(38-26)36-20-22(2)37-32(42)46-33(3,4)5/h10-12,15-16,22-23,40H,9,13-14,17-21H2,1-8H3,(H,37,42)(H,35,36,38)/t22-/m0/s1. The first-order valence-corrected chi connectivity index (χ1v) is 22.2. The number of hydrogen-bond acceptors (Lipinski definition) is 9. The van der Waals surface area contributed by atoms with Gasteiger partial charge < -0.3 is 24.7 Å². The van der Waals surface area contributed by atoms with Gasteiger partial charge in [-0.3, -0.25) is 4.72 Å². The minimum atomic E-state index is -3.58. The highest BCUT2D eigenvalue weighted by Gasteiger charge is 2.33. The summed E-state index contributed by atoms with van der Waals surface area (Å²) in [5, 5.41) is 6.29. The van der Waals surface area contributed by atoms with Gasteiger partial charge in [-0.25, -0.2) is 28.2 Å². The molecule has 2 heterocycles. The third-order valence-corrected chi connectivity index (χ3v) is 11.0. The molecule has 1 saturated carbocycles. The third-order valence-electron chi connectivity index (χ3n) is 7.38. The predicted octanol–water partition coefficient (Wildman–Crippen LogP) is 7.33. The normalized spacial score (nSPS) is 14.4. The number of aromatic nitrogens is 4. The van der Waals surface area contributed by atoms with Crippen LogP contribution in [0.4, 0.5) is 16.4 Å². The monoisotopic (exact) mass is 719 g/mol. The van der Waals surface area contributed by atoms with Crippen molar-refractivity contribution >= 4 is 47.4 Å². The maximum atomic E-state index is 12.7. The Balaban J connectivity index is 1.72. The summed E-state index contributed by atoms with van der Waals surface area (Å²) in [5.74, 6) is 1.49. The molecule has 1 aromatic carbocycles. The van der Waals surface area contributed by atoms with Crippen LogP contribution in [-0.2, 0) is 26.2 Å². The van der Waals surface area contributed by atoms with Gasteiger partial charge in [-0.2, -0.15) is 0 Å².